The molecule has 3 nitrogen and oxygen atoms in total. The Balaban J connectivity index is 2.71. The van der Waals surface area contributed by atoms with Crippen LogP contribution in [0.1, 0.15) is 58.1 Å². The topological polar surface area (TPSA) is 40.5 Å². The molecule has 0 fully saturated rings. The lowest BCUT2D eigenvalue weighted by molar-refractivity contribution is -0.138. The van der Waals surface area contributed by atoms with Crippen molar-refractivity contribution in [1.29, 1.82) is 0 Å². The zero-order valence-electron chi connectivity index (χ0n) is 13.7. The molecule has 1 amide bonds. The van der Waals surface area contributed by atoms with Gasteiger partial charge in [0.25, 0.3) is 0 Å². The predicted octanol–water partition coefficient (Wildman–Crippen LogP) is 3.78. The van der Waals surface area contributed by atoms with Crippen molar-refractivity contribution < 1.29 is 9.90 Å². The van der Waals surface area contributed by atoms with E-state index in [1.807, 2.05) is 37.3 Å². The van der Waals surface area contributed by atoms with Gasteiger partial charge in [0.05, 0.1) is 12.1 Å². The standard InChI is InChI=1S/C18H29NO2/c1-5-7-11-15(6-2)18(21)19(4)14(3)17(20)16-12-9-8-10-13-16/h8-10,12-15,17,20H,5-7,11H2,1-4H3/t14-,15+,17+/m0/s1. The molecule has 0 aliphatic heterocycles. The molecule has 21 heavy (non-hydrogen) atoms. The molecule has 1 aromatic rings. The van der Waals surface area contributed by atoms with Gasteiger partial charge in [-0.1, -0.05) is 57.0 Å². The van der Waals surface area contributed by atoms with E-state index in [1.165, 1.54) is 0 Å². The number of aliphatic hydroxyl groups excluding tert-OH is 1. The van der Waals surface area contributed by atoms with Gasteiger partial charge >= 0.3 is 0 Å². The monoisotopic (exact) mass is 291 g/mol. The molecule has 0 unspecified atom stereocenters. The number of carbonyl (C=O) groups is 1. The van der Waals surface area contributed by atoms with E-state index in [-0.39, 0.29) is 17.9 Å². The van der Waals surface area contributed by atoms with Crippen LogP contribution in [0.15, 0.2) is 30.3 Å². The lowest BCUT2D eigenvalue weighted by Gasteiger charge is -2.32. The highest BCUT2D eigenvalue weighted by Crippen LogP contribution is 2.23. The summed E-state index contributed by atoms with van der Waals surface area (Å²) in [5, 5.41) is 10.4. The van der Waals surface area contributed by atoms with E-state index in [0.717, 1.165) is 31.2 Å². The van der Waals surface area contributed by atoms with Crippen LogP contribution in [0.5, 0.6) is 0 Å². The van der Waals surface area contributed by atoms with Crippen LogP contribution in [-0.4, -0.2) is 29.0 Å². The summed E-state index contributed by atoms with van der Waals surface area (Å²) in [4.78, 5) is 14.3. The normalized spacial score (nSPS) is 15.3. The van der Waals surface area contributed by atoms with Crippen LogP contribution in [0, 0.1) is 5.92 Å². The number of benzene rings is 1. The maximum atomic E-state index is 12.6. The van der Waals surface area contributed by atoms with Gasteiger partial charge in [-0.05, 0) is 25.3 Å². The van der Waals surface area contributed by atoms with E-state index in [2.05, 4.69) is 13.8 Å². The second-order valence-electron chi connectivity index (χ2n) is 5.79. The molecule has 0 aliphatic carbocycles. The minimum absolute atomic E-state index is 0.0698. The lowest BCUT2D eigenvalue weighted by Crippen LogP contribution is -2.42. The fourth-order valence-electron chi connectivity index (χ4n) is 2.58. The number of unbranched alkanes of at least 4 members (excludes halogenated alkanes) is 1. The highest BCUT2D eigenvalue weighted by Gasteiger charge is 2.27. The van der Waals surface area contributed by atoms with Crippen LogP contribution in [-0.2, 0) is 4.79 Å². The van der Waals surface area contributed by atoms with Gasteiger partial charge in [0.2, 0.25) is 5.91 Å². The van der Waals surface area contributed by atoms with E-state index < -0.39 is 6.10 Å². The predicted molar refractivity (Wildman–Crippen MR) is 86.9 cm³/mol. The Morgan fingerprint density at radius 2 is 1.86 bits per heavy atom. The van der Waals surface area contributed by atoms with E-state index in [4.69, 9.17) is 0 Å². The second kappa shape index (κ2) is 8.83. The van der Waals surface area contributed by atoms with Crippen LogP contribution >= 0.6 is 0 Å². The van der Waals surface area contributed by atoms with Crippen LogP contribution in [0.2, 0.25) is 0 Å². The van der Waals surface area contributed by atoms with Crippen molar-refractivity contribution in [1.82, 2.24) is 4.90 Å². The second-order valence-corrected chi connectivity index (χ2v) is 5.79. The van der Waals surface area contributed by atoms with E-state index >= 15 is 0 Å². The zero-order valence-corrected chi connectivity index (χ0v) is 13.7. The van der Waals surface area contributed by atoms with Crippen molar-refractivity contribution in [2.24, 2.45) is 5.92 Å². The Hall–Kier alpha value is -1.35. The van der Waals surface area contributed by atoms with Gasteiger partial charge in [-0.25, -0.2) is 0 Å². The first-order valence-corrected chi connectivity index (χ1v) is 8.02. The molecule has 3 heteroatoms. The number of amides is 1. The molecule has 1 aromatic carbocycles. The average Bonchev–Trinajstić information content (AvgIpc) is 2.54. The van der Waals surface area contributed by atoms with E-state index in [1.54, 1.807) is 11.9 Å². The number of hydrogen-bond donors (Lipinski definition) is 1. The van der Waals surface area contributed by atoms with Crippen LogP contribution in [0.25, 0.3) is 0 Å². The summed E-state index contributed by atoms with van der Waals surface area (Å²) < 4.78 is 0. The average molecular weight is 291 g/mol. The Kier molecular flexibility index (Phi) is 7.44. The highest BCUT2D eigenvalue weighted by atomic mass is 16.3. The molecule has 1 N–H and O–H groups in total. The van der Waals surface area contributed by atoms with Crippen molar-refractivity contribution >= 4 is 5.91 Å². The van der Waals surface area contributed by atoms with Gasteiger partial charge in [0, 0.05) is 13.0 Å². The van der Waals surface area contributed by atoms with Crippen molar-refractivity contribution in [3.8, 4) is 0 Å². The lowest BCUT2D eigenvalue weighted by atomic mass is 9.96. The summed E-state index contributed by atoms with van der Waals surface area (Å²) in [6.45, 7) is 6.11. The smallest absolute Gasteiger partial charge is 0.225 e. The summed E-state index contributed by atoms with van der Waals surface area (Å²) in [5.41, 5.74) is 0.853. The summed E-state index contributed by atoms with van der Waals surface area (Å²) in [7, 11) is 1.80. The van der Waals surface area contributed by atoms with Gasteiger partial charge in [0.1, 0.15) is 0 Å². The maximum absolute atomic E-state index is 12.6. The number of rotatable bonds is 8. The quantitative estimate of drug-likeness (QED) is 0.791. The zero-order chi connectivity index (χ0) is 15.8. The molecule has 0 saturated carbocycles. The first-order valence-electron chi connectivity index (χ1n) is 8.02. The van der Waals surface area contributed by atoms with Gasteiger partial charge in [-0.3, -0.25) is 4.79 Å². The van der Waals surface area contributed by atoms with Crippen LogP contribution in [0.4, 0.5) is 0 Å². The van der Waals surface area contributed by atoms with Crippen molar-refractivity contribution in [3.63, 3.8) is 0 Å². The Morgan fingerprint density at radius 1 is 1.24 bits per heavy atom. The minimum Gasteiger partial charge on any atom is -0.386 e. The maximum Gasteiger partial charge on any atom is 0.225 e. The molecule has 0 radical (unpaired) electrons. The third-order valence-electron chi connectivity index (χ3n) is 4.30. The van der Waals surface area contributed by atoms with Crippen molar-refractivity contribution in [2.75, 3.05) is 7.05 Å². The minimum atomic E-state index is -0.649. The van der Waals surface area contributed by atoms with Gasteiger partial charge in [-0.2, -0.15) is 0 Å². The Labute approximate surface area is 129 Å². The van der Waals surface area contributed by atoms with Crippen LogP contribution < -0.4 is 0 Å². The van der Waals surface area contributed by atoms with Gasteiger partial charge in [-0.15, -0.1) is 0 Å². The molecule has 0 bridgehead atoms. The molecule has 0 heterocycles. The first kappa shape index (κ1) is 17.7. The van der Waals surface area contributed by atoms with Gasteiger partial charge in [0.15, 0.2) is 0 Å². The Bertz CT molecular complexity index is 418. The molecule has 0 spiro atoms. The molecular weight excluding hydrogens is 262 g/mol. The van der Waals surface area contributed by atoms with E-state index in [9.17, 15) is 9.90 Å². The Morgan fingerprint density at radius 3 is 2.38 bits per heavy atom. The summed E-state index contributed by atoms with van der Waals surface area (Å²) >= 11 is 0. The number of likely N-dealkylation sites (N-methyl/N-ethyl adjacent to an activating group) is 1. The fourth-order valence-corrected chi connectivity index (χ4v) is 2.58. The third kappa shape index (κ3) is 4.85. The van der Waals surface area contributed by atoms with Crippen molar-refractivity contribution in [3.05, 3.63) is 35.9 Å². The molecule has 118 valence electrons. The molecular formula is C18H29NO2. The number of aliphatic hydroxyl groups is 1. The molecule has 0 saturated heterocycles. The first-order chi connectivity index (χ1) is 10.0. The third-order valence-corrected chi connectivity index (χ3v) is 4.30. The van der Waals surface area contributed by atoms with Crippen molar-refractivity contribution in [2.45, 2.75) is 58.6 Å². The molecule has 0 aromatic heterocycles. The van der Waals surface area contributed by atoms with Crippen LogP contribution in [0.3, 0.4) is 0 Å². The number of carbonyl (C=O) groups excluding carboxylic acids is 1. The summed E-state index contributed by atoms with van der Waals surface area (Å²) in [6, 6.07) is 9.30. The molecule has 0 aliphatic rings. The number of nitrogens with zero attached hydrogens (tertiary/aromatic N) is 1. The summed E-state index contributed by atoms with van der Waals surface area (Å²) in [6.07, 6.45) is 3.33. The largest absolute Gasteiger partial charge is 0.386 e. The van der Waals surface area contributed by atoms with Gasteiger partial charge < -0.3 is 10.0 Å². The fraction of sp³-hybridized carbons (Fsp3) is 0.611. The highest BCUT2D eigenvalue weighted by molar-refractivity contribution is 5.78. The molecule has 3 atom stereocenters. The summed E-state index contributed by atoms with van der Waals surface area (Å²) in [5.74, 6) is 0.216. The SMILES string of the molecule is CCCC[C@@H](CC)C(=O)N(C)[C@@H](C)[C@@H](O)c1ccccc1. The molecule has 1 rings (SSSR count). The van der Waals surface area contributed by atoms with E-state index in [0.29, 0.717) is 0 Å². The number of hydrogen-bond acceptors (Lipinski definition) is 2.